The van der Waals surface area contributed by atoms with Crippen LogP contribution >= 0.6 is 0 Å². The number of nitrogens with zero attached hydrogens (tertiary/aromatic N) is 1. The maximum absolute atomic E-state index is 11.8. The summed E-state index contributed by atoms with van der Waals surface area (Å²) in [5.74, 6) is -0.292. The van der Waals surface area contributed by atoms with Crippen molar-refractivity contribution in [3.8, 4) is 0 Å². The number of carbonyl (C=O) groups is 1. The molecule has 0 aromatic carbocycles. The average Bonchev–Trinajstić information content (AvgIpc) is 2.37. The first-order valence-corrected chi connectivity index (χ1v) is 7.21. The van der Waals surface area contributed by atoms with Crippen molar-refractivity contribution in [2.45, 2.75) is 64.5 Å². The molecule has 18 heavy (non-hydrogen) atoms. The third-order valence-corrected chi connectivity index (χ3v) is 3.77. The minimum absolute atomic E-state index is 0.292. The molecule has 0 heterocycles. The Morgan fingerprint density at radius 1 is 1.33 bits per heavy atom. The van der Waals surface area contributed by atoms with Gasteiger partial charge in [-0.3, -0.25) is 9.69 Å². The predicted octanol–water partition coefficient (Wildman–Crippen LogP) is 1.92. The molecule has 1 aliphatic rings. The summed E-state index contributed by atoms with van der Waals surface area (Å²) < 4.78 is 5.05. The molecule has 0 saturated heterocycles. The largest absolute Gasteiger partial charge is 0.465 e. The normalized spacial score (nSPS) is 20.7. The molecule has 1 rings (SSSR count). The number of hydrogen-bond donors (Lipinski definition) is 1. The maximum atomic E-state index is 11.8. The summed E-state index contributed by atoms with van der Waals surface area (Å²) >= 11 is 0. The highest BCUT2D eigenvalue weighted by atomic mass is 16.5. The van der Waals surface area contributed by atoms with E-state index in [0.29, 0.717) is 19.2 Å². The molecule has 0 spiro atoms. The lowest BCUT2D eigenvalue weighted by atomic mass is 9.92. The Morgan fingerprint density at radius 3 is 2.44 bits per heavy atom. The number of esters is 1. The second-order valence-corrected chi connectivity index (χ2v) is 5.49. The summed E-state index contributed by atoms with van der Waals surface area (Å²) in [6.07, 6.45) is 6.38. The molecule has 1 unspecified atom stereocenters. The smallest absolute Gasteiger partial charge is 0.327 e. The Bertz CT molecular complexity index is 261. The molecule has 1 saturated carbocycles. The fraction of sp³-hybridized carbons (Fsp3) is 0.929. The second kappa shape index (κ2) is 7.10. The Morgan fingerprint density at radius 2 is 1.94 bits per heavy atom. The van der Waals surface area contributed by atoms with E-state index in [4.69, 9.17) is 10.5 Å². The van der Waals surface area contributed by atoms with E-state index in [2.05, 4.69) is 11.8 Å². The molecular formula is C14H28N2O2. The van der Waals surface area contributed by atoms with E-state index in [1.165, 1.54) is 32.1 Å². The van der Waals surface area contributed by atoms with Gasteiger partial charge in [-0.2, -0.15) is 0 Å². The molecule has 106 valence electrons. The second-order valence-electron chi connectivity index (χ2n) is 5.49. The number of rotatable bonds is 6. The van der Waals surface area contributed by atoms with Gasteiger partial charge in [-0.05, 0) is 33.2 Å². The Balaban J connectivity index is 2.57. The minimum Gasteiger partial charge on any atom is -0.465 e. The van der Waals surface area contributed by atoms with E-state index in [9.17, 15) is 4.79 Å². The number of likely N-dealkylation sites (N-methyl/N-ethyl adjacent to an activating group) is 1. The molecule has 0 aromatic heterocycles. The van der Waals surface area contributed by atoms with Crippen LogP contribution in [-0.2, 0) is 9.53 Å². The summed E-state index contributed by atoms with van der Waals surface area (Å²) in [5.41, 5.74) is 5.21. The van der Waals surface area contributed by atoms with Gasteiger partial charge in [0, 0.05) is 12.6 Å². The van der Waals surface area contributed by atoms with Crippen molar-refractivity contribution in [2.75, 3.05) is 19.7 Å². The van der Waals surface area contributed by atoms with E-state index in [-0.39, 0.29) is 5.97 Å². The van der Waals surface area contributed by atoms with E-state index in [0.717, 1.165) is 6.54 Å². The molecule has 1 fully saturated rings. The molecule has 4 heteroatoms. The quantitative estimate of drug-likeness (QED) is 0.738. The summed E-state index contributed by atoms with van der Waals surface area (Å²) in [7, 11) is 0. The van der Waals surface area contributed by atoms with Gasteiger partial charge in [-0.15, -0.1) is 0 Å². The summed E-state index contributed by atoms with van der Waals surface area (Å²) in [5, 5.41) is 0. The highest BCUT2D eigenvalue weighted by molar-refractivity contribution is 5.80. The van der Waals surface area contributed by atoms with E-state index in [1.807, 2.05) is 6.92 Å². The van der Waals surface area contributed by atoms with Gasteiger partial charge in [-0.25, -0.2) is 0 Å². The maximum Gasteiger partial charge on any atom is 0.327 e. The monoisotopic (exact) mass is 256 g/mol. The van der Waals surface area contributed by atoms with Crippen molar-refractivity contribution >= 4 is 5.97 Å². The van der Waals surface area contributed by atoms with Crippen molar-refractivity contribution in [1.29, 1.82) is 0 Å². The Labute approximate surface area is 111 Å². The zero-order valence-corrected chi connectivity index (χ0v) is 12.1. The summed E-state index contributed by atoms with van der Waals surface area (Å²) in [6.45, 7) is 7.64. The van der Waals surface area contributed by atoms with Crippen LogP contribution in [0.1, 0.15) is 52.9 Å². The Hall–Kier alpha value is -0.610. The van der Waals surface area contributed by atoms with Crippen molar-refractivity contribution < 1.29 is 9.53 Å². The molecule has 1 atom stereocenters. The highest BCUT2D eigenvalue weighted by Gasteiger charge is 2.34. The van der Waals surface area contributed by atoms with Crippen LogP contribution in [0.3, 0.4) is 0 Å². The fourth-order valence-electron chi connectivity index (χ4n) is 2.73. The predicted molar refractivity (Wildman–Crippen MR) is 73.3 cm³/mol. The van der Waals surface area contributed by atoms with Crippen molar-refractivity contribution in [1.82, 2.24) is 4.90 Å². The van der Waals surface area contributed by atoms with Crippen LogP contribution in [-0.4, -0.2) is 42.1 Å². The van der Waals surface area contributed by atoms with Gasteiger partial charge in [0.05, 0.1) is 6.61 Å². The molecular weight excluding hydrogens is 228 g/mol. The molecule has 0 aromatic rings. The summed E-state index contributed by atoms with van der Waals surface area (Å²) in [6, 6.07) is 0.584. The van der Waals surface area contributed by atoms with Crippen molar-refractivity contribution in [2.24, 2.45) is 5.73 Å². The van der Waals surface area contributed by atoms with Crippen LogP contribution in [0.2, 0.25) is 0 Å². The summed E-state index contributed by atoms with van der Waals surface area (Å²) in [4.78, 5) is 14.2. The Kier molecular flexibility index (Phi) is 6.09. The molecule has 0 radical (unpaired) electrons. The lowest BCUT2D eigenvalue weighted by Crippen LogP contribution is -2.56. The van der Waals surface area contributed by atoms with Crippen LogP contribution in [0.4, 0.5) is 0 Å². The van der Waals surface area contributed by atoms with Crippen LogP contribution in [0.15, 0.2) is 0 Å². The lowest BCUT2D eigenvalue weighted by Gasteiger charge is -2.37. The van der Waals surface area contributed by atoms with Crippen LogP contribution in [0.5, 0.6) is 0 Å². The highest BCUT2D eigenvalue weighted by Crippen LogP contribution is 2.23. The van der Waals surface area contributed by atoms with Gasteiger partial charge in [0.15, 0.2) is 0 Å². The third kappa shape index (κ3) is 4.25. The molecule has 4 nitrogen and oxygen atoms in total. The first-order valence-electron chi connectivity index (χ1n) is 7.21. The van der Waals surface area contributed by atoms with Gasteiger partial charge in [-0.1, -0.05) is 26.2 Å². The first-order chi connectivity index (χ1) is 8.51. The van der Waals surface area contributed by atoms with Crippen LogP contribution < -0.4 is 5.73 Å². The first kappa shape index (κ1) is 15.4. The zero-order chi connectivity index (χ0) is 13.6. The van der Waals surface area contributed by atoms with Gasteiger partial charge >= 0.3 is 5.97 Å². The van der Waals surface area contributed by atoms with Gasteiger partial charge in [0.2, 0.25) is 0 Å². The molecule has 0 amide bonds. The zero-order valence-electron chi connectivity index (χ0n) is 12.1. The minimum atomic E-state index is -0.899. The molecule has 2 N–H and O–H groups in total. The van der Waals surface area contributed by atoms with Crippen molar-refractivity contribution in [3.05, 3.63) is 0 Å². The molecule has 0 aliphatic heterocycles. The average molecular weight is 256 g/mol. The van der Waals surface area contributed by atoms with E-state index in [1.54, 1.807) is 6.92 Å². The van der Waals surface area contributed by atoms with Gasteiger partial charge in [0.1, 0.15) is 5.54 Å². The number of ether oxygens (including phenoxy) is 1. The van der Waals surface area contributed by atoms with E-state index < -0.39 is 5.54 Å². The van der Waals surface area contributed by atoms with Gasteiger partial charge in [0.25, 0.3) is 0 Å². The van der Waals surface area contributed by atoms with Crippen LogP contribution in [0, 0.1) is 0 Å². The number of nitrogens with two attached hydrogens (primary N) is 1. The topological polar surface area (TPSA) is 55.6 Å². The number of carbonyl (C=O) groups excluding carboxylic acids is 1. The van der Waals surface area contributed by atoms with Crippen LogP contribution in [0.25, 0.3) is 0 Å². The van der Waals surface area contributed by atoms with Gasteiger partial charge < -0.3 is 10.5 Å². The SMILES string of the molecule is CCOC(=O)C(C)(N)CN(CC)C1CCCCC1. The molecule has 0 bridgehead atoms. The third-order valence-electron chi connectivity index (χ3n) is 3.77. The van der Waals surface area contributed by atoms with E-state index >= 15 is 0 Å². The molecule has 1 aliphatic carbocycles. The standard InChI is InChI=1S/C14H28N2O2/c1-4-16(12-9-7-6-8-10-12)11-14(3,15)13(17)18-5-2/h12H,4-11,15H2,1-3H3. The lowest BCUT2D eigenvalue weighted by molar-refractivity contribution is -0.150. The number of hydrogen-bond acceptors (Lipinski definition) is 4. The van der Waals surface area contributed by atoms with Crippen molar-refractivity contribution in [3.63, 3.8) is 0 Å². The fourth-order valence-corrected chi connectivity index (χ4v) is 2.73.